The highest BCUT2D eigenvalue weighted by atomic mass is 32.1. The van der Waals surface area contributed by atoms with Crippen LogP contribution >= 0.6 is 11.3 Å². The van der Waals surface area contributed by atoms with Gasteiger partial charge in [-0.25, -0.2) is 9.18 Å². The van der Waals surface area contributed by atoms with E-state index in [1.54, 1.807) is 29.7 Å². The summed E-state index contributed by atoms with van der Waals surface area (Å²) in [5, 5.41) is 3.19. The highest BCUT2D eigenvalue weighted by molar-refractivity contribution is 7.22. The standard InChI is InChI=1S/C34H32FN3O4S/c1-4-42-34(41)28-21-38(19-25-12-8-9-13-29(25)35)33-30(31(28)40)27(20-37(3)18-23-10-6-5-7-11-23)32(43-33)24-14-16-26(17-15-24)36-22(2)39/h5-17,21H,4,18-20H2,1-3H3,(H,36,39). The first-order valence-electron chi connectivity index (χ1n) is 13.9. The summed E-state index contributed by atoms with van der Waals surface area (Å²) in [5.41, 5.74) is 3.32. The minimum absolute atomic E-state index is 0.0944. The molecule has 0 radical (unpaired) electrons. The van der Waals surface area contributed by atoms with Gasteiger partial charge in [-0.05, 0) is 48.9 Å². The van der Waals surface area contributed by atoms with Crippen molar-refractivity contribution in [2.75, 3.05) is 19.0 Å². The molecule has 2 aromatic heterocycles. The molecule has 220 valence electrons. The normalized spacial score (nSPS) is 11.2. The highest BCUT2D eigenvalue weighted by Crippen LogP contribution is 2.39. The molecule has 3 aromatic carbocycles. The Morgan fingerprint density at radius 1 is 0.977 bits per heavy atom. The summed E-state index contributed by atoms with van der Waals surface area (Å²) in [6, 6.07) is 23.9. The molecule has 5 aromatic rings. The van der Waals surface area contributed by atoms with Crippen LogP contribution in [0.5, 0.6) is 0 Å². The van der Waals surface area contributed by atoms with Crippen LogP contribution < -0.4 is 10.7 Å². The van der Waals surface area contributed by atoms with Crippen LogP contribution in [-0.2, 0) is 29.2 Å². The summed E-state index contributed by atoms with van der Waals surface area (Å²) in [6.45, 7) is 4.43. The maximum atomic E-state index is 14.8. The number of nitrogens with zero attached hydrogens (tertiary/aromatic N) is 2. The molecule has 0 spiro atoms. The van der Waals surface area contributed by atoms with Gasteiger partial charge in [0.1, 0.15) is 16.2 Å². The van der Waals surface area contributed by atoms with Crippen LogP contribution in [0.3, 0.4) is 0 Å². The Morgan fingerprint density at radius 3 is 2.35 bits per heavy atom. The number of thiophene rings is 1. The molecule has 0 saturated carbocycles. The SMILES string of the molecule is CCOC(=O)c1cn(Cc2ccccc2F)c2sc(-c3ccc(NC(C)=O)cc3)c(CN(C)Cc3ccccc3)c2c1=O. The molecule has 1 amide bonds. The Kier molecular flexibility index (Phi) is 9.13. The lowest BCUT2D eigenvalue weighted by Gasteiger charge is -2.18. The second-order valence-electron chi connectivity index (χ2n) is 10.3. The first-order valence-corrected chi connectivity index (χ1v) is 14.8. The van der Waals surface area contributed by atoms with Crippen LogP contribution in [0.25, 0.3) is 20.7 Å². The van der Waals surface area contributed by atoms with Crippen molar-refractivity contribution in [2.24, 2.45) is 0 Å². The number of rotatable bonds is 10. The first kappa shape index (κ1) is 29.9. The Morgan fingerprint density at radius 2 is 1.67 bits per heavy atom. The van der Waals surface area contributed by atoms with Gasteiger partial charge in [-0.1, -0.05) is 60.7 Å². The van der Waals surface area contributed by atoms with Crippen molar-refractivity contribution in [3.63, 3.8) is 0 Å². The minimum atomic E-state index is -0.715. The van der Waals surface area contributed by atoms with Crippen LogP contribution in [0.15, 0.2) is 89.9 Å². The lowest BCUT2D eigenvalue weighted by atomic mass is 10.0. The van der Waals surface area contributed by atoms with Gasteiger partial charge in [0.05, 0.1) is 18.5 Å². The third kappa shape index (κ3) is 6.74. The summed E-state index contributed by atoms with van der Waals surface area (Å²) in [7, 11) is 1.98. The van der Waals surface area contributed by atoms with Crippen molar-refractivity contribution < 1.29 is 18.7 Å². The Bertz CT molecular complexity index is 1830. The molecule has 0 fully saturated rings. The molecule has 0 aliphatic carbocycles. The molecule has 5 rings (SSSR count). The van der Waals surface area contributed by atoms with E-state index in [2.05, 4.69) is 10.2 Å². The molecule has 0 saturated heterocycles. The Labute approximate surface area is 253 Å². The van der Waals surface area contributed by atoms with Gasteiger partial charge in [0, 0.05) is 42.3 Å². The molecular formula is C34H32FN3O4S. The maximum Gasteiger partial charge on any atom is 0.343 e. The van der Waals surface area contributed by atoms with Gasteiger partial charge in [-0.3, -0.25) is 14.5 Å². The molecule has 9 heteroatoms. The molecule has 0 aliphatic heterocycles. The average Bonchev–Trinajstić information content (AvgIpc) is 3.36. The van der Waals surface area contributed by atoms with Crippen LogP contribution in [0.1, 0.15) is 40.9 Å². The fourth-order valence-electron chi connectivity index (χ4n) is 5.09. The number of carbonyl (C=O) groups is 2. The van der Waals surface area contributed by atoms with Gasteiger partial charge in [0.2, 0.25) is 11.3 Å². The largest absolute Gasteiger partial charge is 0.462 e. The van der Waals surface area contributed by atoms with E-state index < -0.39 is 11.4 Å². The van der Waals surface area contributed by atoms with Gasteiger partial charge >= 0.3 is 5.97 Å². The minimum Gasteiger partial charge on any atom is -0.462 e. The van der Waals surface area contributed by atoms with Gasteiger partial charge in [-0.15, -0.1) is 11.3 Å². The predicted octanol–water partition coefficient (Wildman–Crippen LogP) is 6.68. The molecule has 0 unspecified atom stereocenters. The molecule has 1 N–H and O–H groups in total. The molecule has 7 nitrogen and oxygen atoms in total. The molecule has 0 atom stereocenters. The van der Waals surface area contributed by atoms with Crippen molar-refractivity contribution in [3.05, 3.63) is 123 Å². The van der Waals surface area contributed by atoms with E-state index in [1.165, 1.54) is 30.5 Å². The third-order valence-electron chi connectivity index (χ3n) is 6.99. The molecular weight excluding hydrogens is 565 g/mol. The van der Waals surface area contributed by atoms with Crippen LogP contribution in [-0.4, -0.2) is 35.0 Å². The third-order valence-corrected chi connectivity index (χ3v) is 8.31. The van der Waals surface area contributed by atoms with E-state index in [4.69, 9.17) is 4.74 Å². The number of pyridine rings is 1. The van der Waals surface area contributed by atoms with Crippen molar-refractivity contribution in [2.45, 2.75) is 33.5 Å². The monoisotopic (exact) mass is 597 g/mol. The lowest BCUT2D eigenvalue weighted by molar-refractivity contribution is -0.114. The Hall–Kier alpha value is -4.60. The Balaban J connectivity index is 1.71. The number of nitrogens with one attached hydrogen (secondary N) is 1. The van der Waals surface area contributed by atoms with E-state index in [9.17, 15) is 18.8 Å². The molecule has 43 heavy (non-hydrogen) atoms. The van der Waals surface area contributed by atoms with E-state index in [0.717, 1.165) is 21.6 Å². The fourth-order valence-corrected chi connectivity index (χ4v) is 6.38. The van der Waals surface area contributed by atoms with Crippen molar-refractivity contribution in [1.29, 1.82) is 0 Å². The summed E-state index contributed by atoms with van der Waals surface area (Å²) in [6.07, 6.45) is 1.48. The zero-order chi connectivity index (χ0) is 30.5. The zero-order valence-corrected chi connectivity index (χ0v) is 25.0. The van der Waals surface area contributed by atoms with Crippen molar-refractivity contribution in [1.82, 2.24) is 9.47 Å². The molecule has 0 bridgehead atoms. The maximum absolute atomic E-state index is 14.8. The number of amides is 1. The second kappa shape index (κ2) is 13.1. The number of anilines is 1. The van der Waals surface area contributed by atoms with Crippen LogP contribution in [0.2, 0.25) is 0 Å². The molecule has 2 heterocycles. The average molecular weight is 598 g/mol. The number of benzene rings is 3. The van der Waals surface area contributed by atoms with Gasteiger partial charge in [0.15, 0.2) is 0 Å². The fraction of sp³-hybridized carbons (Fsp3) is 0.206. The van der Waals surface area contributed by atoms with E-state index in [-0.39, 0.29) is 30.4 Å². The number of aromatic nitrogens is 1. The summed E-state index contributed by atoms with van der Waals surface area (Å²) < 4.78 is 21.8. The van der Waals surface area contributed by atoms with Gasteiger partial charge < -0.3 is 14.6 Å². The predicted molar refractivity (Wildman–Crippen MR) is 169 cm³/mol. The van der Waals surface area contributed by atoms with Crippen LogP contribution in [0.4, 0.5) is 10.1 Å². The number of ether oxygens (including phenoxy) is 1. The number of halogens is 1. The van der Waals surface area contributed by atoms with E-state index >= 15 is 0 Å². The number of hydrogen-bond acceptors (Lipinski definition) is 6. The number of esters is 1. The van der Waals surface area contributed by atoms with Crippen molar-refractivity contribution >= 4 is 39.1 Å². The summed E-state index contributed by atoms with van der Waals surface area (Å²) >= 11 is 1.42. The van der Waals surface area contributed by atoms with E-state index in [1.807, 2.05) is 61.6 Å². The summed E-state index contributed by atoms with van der Waals surface area (Å²) in [5.74, 6) is -1.26. The molecule has 0 aliphatic rings. The quantitative estimate of drug-likeness (QED) is 0.182. The van der Waals surface area contributed by atoms with E-state index in [0.29, 0.717) is 34.6 Å². The number of fused-ring (bicyclic) bond motifs is 1. The number of carbonyl (C=O) groups excluding carboxylic acids is 2. The highest BCUT2D eigenvalue weighted by Gasteiger charge is 2.25. The first-order chi connectivity index (χ1) is 20.7. The topological polar surface area (TPSA) is 80.6 Å². The smallest absolute Gasteiger partial charge is 0.343 e. The number of hydrogen-bond donors (Lipinski definition) is 1. The summed E-state index contributed by atoms with van der Waals surface area (Å²) in [4.78, 5) is 42.2. The van der Waals surface area contributed by atoms with Gasteiger partial charge in [0.25, 0.3) is 0 Å². The zero-order valence-electron chi connectivity index (χ0n) is 24.2. The lowest BCUT2D eigenvalue weighted by Crippen LogP contribution is -2.23. The van der Waals surface area contributed by atoms with Crippen molar-refractivity contribution in [3.8, 4) is 10.4 Å². The van der Waals surface area contributed by atoms with Crippen LogP contribution in [0, 0.1) is 5.82 Å². The second-order valence-corrected chi connectivity index (χ2v) is 11.3. The van der Waals surface area contributed by atoms with Gasteiger partial charge in [-0.2, -0.15) is 0 Å².